The lowest BCUT2D eigenvalue weighted by Crippen LogP contribution is -2.46. The molecule has 1 saturated heterocycles. The van der Waals surface area contributed by atoms with E-state index in [2.05, 4.69) is 22.0 Å². The van der Waals surface area contributed by atoms with Crippen molar-refractivity contribution in [3.05, 3.63) is 64.7 Å². The van der Waals surface area contributed by atoms with Gasteiger partial charge in [0.05, 0.1) is 12.0 Å². The molecule has 1 aliphatic rings. The van der Waals surface area contributed by atoms with Crippen molar-refractivity contribution in [2.75, 3.05) is 38.0 Å². The van der Waals surface area contributed by atoms with Gasteiger partial charge in [-0.15, -0.1) is 0 Å². The number of hydrogen-bond acceptors (Lipinski definition) is 3. The predicted octanol–water partition coefficient (Wildman–Crippen LogP) is 4.98. The quantitative estimate of drug-likeness (QED) is 0.620. The molecule has 0 unspecified atom stereocenters. The van der Waals surface area contributed by atoms with Gasteiger partial charge in [-0.05, 0) is 48.2 Å². The molecule has 0 radical (unpaired) electrons. The number of benzene rings is 2. The Morgan fingerprint density at radius 1 is 0.969 bits per heavy atom. The van der Waals surface area contributed by atoms with Crippen LogP contribution in [0.1, 0.15) is 42.5 Å². The van der Waals surface area contributed by atoms with Gasteiger partial charge in [-0.25, -0.2) is 0 Å². The average molecular weight is 448 g/mol. The molecule has 0 aliphatic carbocycles. The molecule has 2 aromatic rings. The molecule has 3 rings (SSSR count). The summed E-state index contributed by atoms with van der Waals surface area (Å²) in [5, 5.41) is 2.63. The van der Waals surface area contributed by atoms with Crippen molar-refractivity contribution in [3.63, 3.8) is 0 Å². The van der Waals surface area contributed by atoms with Gasteiger partial charge in [-0.3, -0.25) is 9.69 Å². The molecule has 1 heterocycles. The van der Waals surface area contributed by atoms with E-state index in [-0.39, 0.29) is 30.1 Å². The monoisotopic (exact) mass is 447 g/mol. The van der Waals surface area contributed by atoms with Gasteiger partial charge >= 0.3 is 6.18 Å². The van der Waals surface area contributed by atoms with E-state index in [0.29, 0.717) is 0 Å². The van der Waals surface area contributed by atoms with Crippen molar-refractivity contribution in [2.24, 2.45) is 0 Å². The van der Waals surface area contributed by atoms with Crippen LogP contribution in [0.5, 0.6) is 0 Å². The Balaban J connectivity index is 1.67. The first-order valence-corrected chi connectivity index (χ1v) is 11.3. The maximum atomic E-state index is 13.8. The smallest absolute Gasteiger partial charge is 0.326 e. The van der Waals surface area contributed by atoms with Gasteiger partial charge in [0.1, 0.15) is 0 Å². The van der Waals surface area contributed by atoms with E-state index in [1.165, 1.54) is 6.07 Å². The molecule has 0 spiro atoms. The number of anilines is 1. The summed E-state index contributed by atoms with van der Waals surface area (Å²) >= 11 is 0. The number of carbonyl (C=O) groups is 1. The predicted molar refractivity (Wildman–Crippen MR) is 122 cm³/mol. The number of nitrogens with zero attached hydrogens (tertiary/aromatic N) is 2. The first-order valence-electron chi connectivity index (χ1n) is 11.3. The highest BCUT2D eigenvalue weighted by Crippen LogP contribution is 2.34. The van der Waals surface area contributed by atoms with Crippen molar-refractivity contribution in [3.8, 4) is 0 Å². The van der Waals surface area contributed by atoms with Gasteiger partial charge in [-0.2, -0.15) is 13.2 Å². The number of amides is 1. The second kappa shape index (κ2) is 11.0. The molecule has 1 aliphatic heterocycles. The minimum absolute atomic E-state index is 0.124. The van der Waals surface area contributed by atoms with Crippen LogP contribution in [0, 0.1) is 0 Å². The molecular weight excluding hydrogens is 415 g/mol. The van der Waals surface area contributed by atoms with Crippen LogP contribution in [-0.2, 0) is 30.4 Å². The van der Waals surface area contributed by atoms with Crippen LogP contribution >= 0.6 is 0 Å². The lowest BCUT2D eigenvalue weighted by atomic mass is 10.0. The molecule has 7 heteroatoms. The molecule has 1 fully saturated rings. The minimum atomic E-state index is -4.48. The number of halogens is 3. The van der Waals surface area contributed by atoms with Gasteiger partial charge in [0, 0.05) is 38.4 Å². The molecule has 0 bridgehead atoms. The topological polar surface area (TPSA) is 35.6 Å². The summed E-state index contributed by atoms with van der Waals surface area (Å²) in [6.45, 7) is 8.71. The fourth-order valence-corrected chi connectivity index (χ4v) is 4.13. The number of piperazine rings is 1. The van der Waals surface area contributed by atoms with Crippen molar-refractivity contribution in [1.82, 2.24) is 9.80 Å². The highest BCUT2D eigenvalue weighted by Gasteiger charge is 2.34. The summed E-state index contributed by atoms with van der Waals surface area (Å²) in [5.41, 5.74) is 1.70. The summed E-state index contributed by atoms with van der Waals surface area (Å²) in [7, 11) is 0. The molecular formula is C25H32F3N3O. The van der Waals surface area contributed by atoms with E-state index >= 15 is 0 Å². The van der Waals surface area contributed by atoms with Crippen molar-refractivity contribution >= 4 is 11.6 Å². The van der Waals surface area contributed by atoms with Crippen LogP contribution in [0.15, 0.2) is 42.5 Å². The van der Waals surface area contributed by atoms with Gasteiger partial charge < -0.3 is 10.2 Å². The highest BCUT2D eigenvalue weighted by molar-refractivity contribution is 5.92. The Hall–Kier alpha value is -2.38. The standard InChI is InChI=1S/C25H32F3N3O/c1-3-10-30-11-13-31(14-12-30)18-21-8-9-22(17-23(21)25(26,27)28)29-24(32)16-20-7-5-6-19(4-2)15-20/h5-9,15,17H,3-4,10-14,16,18H2,1-2H3,(H,29,32). The maximum absolute atomic E-state index is 13.8. The Bertz CT molecular complexity index is 906. The zero-order chi connectivity index (χ0) is 23.1. The molecule has 0 atom stereocenters. The third-order valence-corrected chi connectivity index (χ3v) is 5.86. The third-order valence-electron chi connectivity index (χ3n) is 5.86. The van der Waals surface area contributed by atoms with Crippen LogP contribution in [-0.4, -0.2) is 48.4 Å². The van der Waals surface area contributed by atoms with Crippen LogP contribution in [0.2, 0.25) is 0 Å². The number of carbonyl (C=O) groups excluding carboxylic acids is 1. The fraction of sp³-hybridized carbons (Fsp3) is 0.480. The largest absolute Gasteiger partial charge is 0.416 e. The Kier molecular flexibility index (Phi) is 8.32. The maximum Gasteiger partial charge on any atom is 0.416 e. The van der Waals surface area contributed by atoms with Crippen molar-refractivity contribution in [1.29, 1.82) is 0 Å². The fourth-order valence-electron chi connectivity index (χ4n) is 4.13. The number of aryl methyl sites for hydroxylation is 1. The molecule has 0 saturated carbocycles. The zero-order valence-corrected chi connectivity index (χ0v) is 18.8. The minimum Gasteiger partial charge on any atom is -0.326 e. The Morgan fingerprint density at radius 2 is 1.66 bits per heavy atom. The molecule has 2 aromatic carbocycles. The van der Waals surface area contributed by atoms with E-state index in [9.17, 15) is 18.0 Å². The van der Waals surface area contributed by atoms with Gasteiger partial charge in [0.2, 0.25) is 5.91 Å². The number of alkyl halides is 3. The summed E-state index contributed by atoms with van der Waals surface area (Å²) < 4.78 is 41.3. The van der Waals surface area contributed by atoms with E-state index in [1.807, 2.05) is 31.2 Å². The number of rotatable bonds is 8. The molecule has 4 nitrogen and oxygen atoms in total. The lowest BCUT2D eigenvalue weighted by Gasteiger charge is -2.35. The highest BCUT2D eigenvalue weighted by atomic mass is 19.4. The SMILES string of the molecule is CCCN1CCN(Cc2ccc(NC(=O)Cc3cccc(CC)c3)cc2C(F)(F)F)CC1. The third kappa shape index (κ3) is 6.81. The van der Waals surface area contributed by atoms with E-state index in [4.69, 9.17) is 0 Å². The van der Waals surface area contributed by atoms with Crippen molar-refractivity contribution < 1.29 is 18.0 Å². The molecule has 1 N–H and O–H groups in total. The summed E-state index contributed by atoms with van der Waals surface area (Å²) in [6.07, 6.45) is -2.41. The summed E-state index contributed by atoms with van der Waals surface area (Å²) in [6, 6.07) is 11.8. The second-order valence-corrected chi connectivity index (χ2v) is 8.39. The second-order valence-electron chi connectivity index (χ2n) is 8.39. The lowest BCUT2D eigenvalue weighted by molar-refractivity contribution is -0.138. The van der Waals surface area contributed by atoms with E-state index in [1.54, 1.807) is 6.07 Å². The Labute approximate surface area is 188 Å². The van der Waals surface area contributed by atoms with Crippen molar-refractivity contribution in [2.45, 2.75) is 45.8 Å². The molecule has 0 aromatic heterocycles. The average Bonchev–Trinajstić information content (AvgIpc) is 2.75. The van der Waals surface area contributed by atoms with E-state index < -0.39 is 11.7 Å². The molecule has 1 amide bonds. The normalized spacial score (nSPS) is 15.7. The zero-order valence-electron chi connectivity index (χ0n) is 18.8. The number of nitrogens with one attached hydrogen (secondary N) is 1. The summed E-state index contributed by atoms with van der Waals surface area (Å²) in [4.78, 5) is 16.8. The first kappa shape index (κ1) is 24.3. The number of hydrogen-bond donors (Lipinski definition) is 1. The van der Waals surface area contributed by atoms with Crippen LogP contribution in [0.4, 0.5) is 18.9 Å². The summed E-state index contributed by atoms with van der Waals surface area (Å²) in [5.74, 6) is -0.328. The van der Waals surface area contributed by atoms with E-state index in [0.717, 1.165) is 62.8 Å². The first-order chi connectivity index (χ1) is 15.3. The van der Waals surface area contributed by atoms with Gasteiger partial charge in [0.15, 0.2) is 0 Å². The van der Waals surface area contributed by atoms with Gasteiger partial charge in [-0.1, -0.05) is 44.2 Å². The van der Waals surface area contributed by atoms with Crippen LogP contribution in [0.3, 0.4) is 0 Å². The Morgan fingerprint density at radius 3 is 2.31 bits per heavy atom. The van der Waals surface area contributed by atoms with Crippen LogP contribution in [0.25, 0.3) is 0 Å². The van der Waals surface area contributed by atoms with Crippen LogP contribution < -0.4 is 5.32 Å². The van der Waals surface area contributed by atoms with Gasteiger partial charge in [0.25, 0.3) is 0 Å². The molecule has 32 heavy (non-hydrogen) atoms. The molecule has 174 valence electrons.